The van der Waals surface area contributed by atoms with Crippen molar-refractivity contribution >= 4 is 6.09 Å². The molecule has 0 saturated carbocycles. The van der Waals surface area contributed by atoms with Crippen molar-refractivity contribution in [3.8, 4) is 5.75 Å². The normalized spacial score (nSPS) is 25.0. The van der Waals surface area contributed by atoms with Gasteiger partial charge in [0, 0.05) is 37.5 Å². The zero-order valence-electron chi connectivity index (χ0n) is 14.4. The van der Waals surface area contributed by atoms with E-state index in [1.807, 2.05) is 13.1 Å². The fourth-order valence-corrected chi connectivity index (χ4v) is 3.77. The van der Waals surface area contributed by atoms with Crippen LogP contribution in [0.5, 0.6) is 5.75 Å². The third-order valence-electron chi connectivity index (χ3n) is 4.88. The summed E-state index contributed by atoms with van der Waals surface area (Å²) in [4.78, 5) is 20.3. The minimum absolute atomic E-state index is 0.210. The third-order valence-corrected chi connectivity index (χ3v) is 4.88. The Morgan fingerprint density at radius 2 is 2.17 bits per heavy atom. The van der Waals surface area contributed by atoms with Crippen LogP contribution in [-0.2, 0) is 11.3 Å². The first kappa shape index (κ1) is 16.1. The Balaban J connectivity index is 1.75. The third kappa shape index (κ3) is 3.00. The summed E-state index contributed by atoms with van der Waals surface area (Å²) in [5.74, 6) is 0.911. The van der Waals surface area contributed by atoms with Gasteiger partial charge in [-0.15, -0.1) is 0 Å². The minimum Gasteiger partial charge on any atom is -0.496 e. The van der Waals surface area contributed by atoms with E-state index in [2.05, 4.69) is 16.8 Å². The highest BCUT2D eigenvalue weighted by atomic mass is 16.6. The number of nitrogens with zero attached hydrogens (tertiary/aromatic N) is 3. The molecule has 0 radical (unpaired) electrons. The number of ether oxygens (including phenoxy) is 2. The zero-order chi connectivity index (χ0) is 16.6. The number of piperidine rings is 1. The largest absolute Gasteiger partial charge is 0.496 e. The molecule has 0 aromatic carbocycles. The van der Waals surface area contributed by atoms with Crippen molar-refractivity contribution in [2.24, 2.45) is 0 Å². The molecule has 6 heteroatoms. The molecule has 126 valence electrons. The summed E-state index contributed by atoms with van der Waals surface area (Å²) < 4.78 is 11.2. The molecule has 1 amide bonds. The van der Waals surface area contributed by atoms with Crippen LogP contribution in [0.1, 0.15) is 29.7 Å². The Morgan fingerprint density at radius 1 is 1.39 bits per heavy atom. The maximum Gasteiger partial charge on any atom is 0.410 e. The number of carbonyl (C=O) groups is 1. The first-order valence-electron chi connectivity index (χ1n) is 8.10. The van der Waals surface area contributed by atoms with E-state index in [9.17, 15) is 4.79 Å². The average molecular weight is 319 g/mol. The molecular formula is C17H25N3O3. The maximum absolute atomic E-state index is 11.7. The van der Waals surface area contributed by atoms with Gasteiger partial charge in [0.15, 0.2) is 0 Å². The summed E-state index contributed by atoms with van der Waals surface area (Å²) >= 11 is 0. The molecule has 1 atom stereocenters. The van der Waals surface area contributed by atoms with Crippen LogP contribution in [0, 0.1) is 13.8 Å². The summed E-state index contributed by atoms with van der Waals surface area (Å²) in [6.07, 6.45) is 3.62. The monoisotopic (exact) mass is 319 g/mol. The van der Waals surface area contributed by atoms with Gasteiger partial charge in [-0.25, -0.2) is 4.79 Å². The molecule has 0 bridgehead atoms. The smallest absolute Gasteiger partial charge is 0.410 e. The molecule has 1 aromatic rings. The molecule has 3 heterocycles. The molecule has 0 aliphatic carbocycles. The van der Waals surface area contributed by atoms with Crippen molar-refractivity contribution < 1.29 is 14.3 Å². The van der Waals surface area contributed by atoms with E-state index in [1.165, 1.54) is 0 Å². The Bertz CT molecular complexity index is 619. The Kier molecular flexibility index (Phi) is 4.19. The number of amides is 1. The molecule has 2 aliphatic rings. The standard InChI is InChI=1S/C17H25N3O3/c1-12-8-18-14(13(2)15(12)22-4)9-20-7-5-6-17(11-20)10-19(3)16(21)23-17/h8H,5-7,9-11H2,1-4H3. The quantitative estimate of drug-likeness (QED) is 0.854. The first-order chi connectivity index (χ1) is 10.9. The second kappa shape index (κ2) is 6.00. The van der Waals surface area contributed by atoms with Gasteiger partial charge in [0.25, 0.3) is 0 Å². The van der Waals surface area contributed by atoms with E-state index in [-0.39, 0.29) is 11.7 Å². The van der Waals surface area contributed by atoms with Crippen molar-refractivity contribution in [2.75, 3.05) is 33.8 Å². The fourth-order valence-electron chi connectivity index (χ4n) is 3.77. The van der Waals surface area contributed by atoms with Crippen molar-refractivity contribution in [2.45, 2.75) is 38.8 Å². The molecule has 2 aliphatic heterocycles. The Hall–Kier alpha value is -1.82. The van der Waals surface area contributed by atoms with Crippen molar-refractivity contribution in [1.82, 2.24) is 14.8 Å². The number of rotatable bonds is 3. The predicted molar refractivity (Wildman–Crippen MR) is 86.6 cm³/mol. The van der Waals surface area contributed by atoms with Crippen LogP contribution in [0.4, 0.5) is 4.79 Å². The molecule has 6 nitrogen and oxygen atoms in total. The van der Waals surface area contributed by atoms with Gasteiger partial charge in [-0.1, -0.05) is 0 Å². The van der Waals surface area contributed by atoms with Gasteiger partial charge in [0.1, 0.15) is 11.4 Å². The predicted octanol–water partition coefficient (Wildman–Crippen LogP) is 2.12. The van der Waals surface area contributed by atoms with Gasteiger partial charge in [0.2, 0.25) is 0 Å². The van der Waals surface area contributed by atoms with E-state index in [1.54, 1.807) is 19.1 Å². The highest BCUT2D eigenvalue weighted by molar-refractivity contribution is 5.70. The first-order valence-corrected chi connectivity index (χ1v) is 8.10. The number of pyridine rings is 1. The van der Waals surface area contributed by atoms with Gasteiger partial charge in [-0.2, -0.15) is 0 Å². The lowest BCUT2D eigenvalue weighted by Crippen LogP contribution is -2.50. The summed E-state index contributed by atoms with van der Waals surface area (Å²) in [5, 5.41) is 0. The fraction of sp³-hybridized carbons (Fsp3) is 0.647. The number of carbonyl (C=O) groups excluding carboxylic acids is 1. The molecule has 3 rings (SSSR count). The summed E-state index contributed by atoms with van der Waals surface area (Å²) in [6.45, 7) is 7.25. The molecule has 2 fully saturated rings. The molecule has 0 N–H and O–H groups in total. The van der Waals surface area contributed by atoms with E-state index in [0.717, 1.165) is 55.0 Å². The van der Waals surface area contributed by atoms with Crippen LogP contribution in [0.15, 0.2) is 6.20 Å². The van der Waals surface area contributed by atoms with Gasteiger partial charge >= 0.3 is 6.09 Å². The van der Waals surface area contributed by atoms with E-state index < -0.39 is 0 Å². The van der Waals surface area contributed by atoms with Crippen LogP contribution in [0.3, 0.4) is 0 Å². The average Bonchev–Trinajstić information content (AvgIpc) is 2.76. The molecule has 2 saturated heterocycles. The van der Waals surface area contributed by atoms with Crippen molar-refractivity contribution in [1.29, 1.82) is 0 Å². The van der Waals surface area contributed by atoms with Crippen LogP contribution < -0.4 is 4.74 Å². The van der Waals surface area contributed by atoms with E-state index in [0.29, 0.717) is 6.54 Å². The Morgan fingerprint density at radius 3 is 2.83 bits per heavy atom. The molecule has 1 unspecified atom stereocenters. The summed E-state index contributed by atoms with van der Waals surface area (Å²) in [5.41, 5.74) is 2.82. The summed E-state index contributed by atoms with van der Waals surface area (Å²) in [7, 11) is 3.50. The SMILES string of the molecule is COc1c(C)cnc(CN2CCCC3(C2)CN(C)C(=O)O3)c1C. The number of hydrogen-bond acceptors (Lipinski definition) is 5. The molecule has 23 heavy (non-hydrogen) atoms. The molecule has 1 aromatic heterocycles. The van der Waals surface area contributed by atoms with Gasteiger partial charge < -0.3 is 14.4 Å². The van der Waals surface area contributed by atoms with Crippen LogP contribution in [0.25, 0.3) is 0 Å². The highest BCUT2D eigenvalue weighted by Crippen LogP contribution is 2.32. The number of aromatic nitrogens is 1. The number of likely N-dealkylation sites (tertiary alicyclic amines) is 1. The van der Waals surface area contributed by atoms with E-state index >= 15 is 0 Å². The van der Waals surface area contributed by atoms with E-state index in [4.69, 9.17) is 9.47 Å². The zero-order valence-corrected chi connectivity index (χ0v) is 14.4. The number of hydrogen-bond donors (Lipinski definition) is 0. The Labute approximate surface area is 137 Å². The number of likely N-dealkylation sites (N-methyl/N-ethyl adjacent to an activating group) is 1. The lowest BCUT2D eigenvalue weighted by Gasteiger charge is -2.38. The van der Waals surface area contributed by atoms with Crippen molar-refractivity contribution in [3.63, 3.8) is 0 Å². The van der Waals surface area contributed by atoms with Gasteiger partial charge in [-0.3, -0.25) is 9.88 Å². The number of aryl methyl sites for hydroxylation is 1. The second-order valence-electron chi connectivity index (χ2n) is 6.77. The van der Waals surface area contributed by atoms with Crippen LogP contribution >= 0.6 is 0 Å². The number of methoxy groups -OCH3 is 1. The van der Waals surface area contributed by atoms with Crippen LogP contribution in [0.2, 0.25) is 0 Å². The molecular weight excluding hydrogens is 294 g/mol. The van der Waals surface area contributed by atoms with Crippen LogP contribution in [-0.4, -0.2) is 60.3 Å². The summed E-state index contributed by atoms with van der Waals surface area (Å²) in [6, 6.07) is 0. The topological polar surface area (TPSA) is 54.9 Å². The van der Waals surface area contributed by atoms with Gasteiger partial charge in [-0.05, 0) is 33.2 Å². The highest BCUT2D eigenvalue weighted by Gasteiger charge is 2.46. The minimum atomic E-state index is -0.354. The maximum atomic E-state index is 11.7. The second-order valence-corrected chi connectivity index (χ2v) is 6.77. The molecule has 1 spiro atoms. The lowest BCUT2D eigenvalue weighted by molar-refractivity contribution is -0.0117. The van der Waals surface area contributed by atoms with Gasteiger partial charge in [0.05, 0.1) is 19.3 Å². The lowest BCUT2D eigenvalue weighted by atomic mass is 9.92. The van der Waals surface area contributed by atoms with Crippen molar-refractivity contribution in [3.05, 3.63) is 23.0 Å².